The summed E-state index contributed by atoms with van der Waals surface area (Å²) in [6, 6.07) is 19.5. The lowest BCUT2D eigenvalue weighted by Gasteiger charge is -2.29. The van der Waals surface area contributed by atoms with Crippen LogP contribution in [-0.2, 0) is 13.1 Å². The topological polar surface area (TPSA) is 85.2 Å². The van der Waals surface area contributed by atoms with Crippen molar-refractivity contribution in [3.63, 3.8) is 0 Å². The third-order valence-corrected chi connectivity index (χ3v) is 7.18. The molecule has 0 aliphatic heterocycles. The Balaban J connectivity index is 1.40. The number of pyridine rings is 1. The van der Waals surface area contributed by atoms with Crippen molar-refractivity contribution in [1.29, 1.82) is 0 Å². The SMILES string of the molecule is COc1ccc(-c2nc(-c3ccncc3)nn2CCN(C(=O)NCc2ccccc2)C2CCCC2)cc1Cl. The Bertz CT molecular complexity index is 1360. The Labute approximate surface area is 227 Å². The van der Waals surface area contributed by atoms with Crippen molar-refractivity contribution >= 4 is 17.6 Å². The molecule has 196 valence electrons. The standard InChI is InChI=1S/C29H31ClN6O2/c1-38-26-12-11-23(19-25(26)30)28-33-27(22-13-15-31-16-14-22)34-36(28)18-17-35(24-9-5-6-10-24)29(37)32-20-21-7-3-2-4-8-21/h2-4,7-8,11-16,19,24H,5-6,9-10,17-18,20H2,1H3,(H,32,37). The molecule has 1 saturated carbocycles. The predicted octanol–water partition coefficient (Wildman–Crippen LogP) is 5.82. The van der Waals surface area contributed by atoms with E-state index in [4.69, 9.17) is 26.4 Å². The maximum Gasteiger partial charge on any atom is 0.317 e. The fourth-order valence-corrected chi connectivity index (χ4v) is 5.14. The molecule has 1 N–H and O–H groups in total. The number of carbonyl (C=O) groups excluding carboxylic acids is 1. The monoisotopic (exact) mass is 530 g/mol. The van der Waals surface area contributed by atoms with Gasteiger partial charge in [-0.2, -0.15) is 5.10 Å². The van der Waals surface area contributed by atoms with Gasteiger partial charge in [-0.3, -0.25) is 4.98 Å². The van der Waals surface area contributed by atoms with Crippen LogP contribution >= 0.6 is 11.6 Å². The second kappa shape index (κ2) is 12.1. The van der Waals surface area contributed by atoms with Gasteiger partial charge in [0, 0.05) is 42.7 Å². The average molecular weight is 531 g/mol. The van der Waals surface area contributed by atoms with Crippen molar-refractivity contribution in [2.45, 2.75) is 44.8 Å². The Hall–Kier alpha value is -3.91. The van der Waals surface area contributed by atoms with Crippen LogP contribution < -0.4 is 10.1 Å². The quantitative estimate of drug-likeness (QED) is 0.294. The van der Waals surface area contributed by atoms with Gasteiger partial charge in [0.2, 0.25) is 0 Å². The number of nitrogens with one attached hydrogen (secondary N) is 1. The Morgan fingerprint density at radius 1 is 1.08 bits per heavy atom. The molecule has 0 bridgehead atoms. The lowest BCUT2D eigenvalue weighted by Crippen LogP contribution is -2.46. The molecular formula is C29H31ClN6O2. The van der Waals surface area contributed by atoms with Gasteiger partial charge in [-0.1, -0.05) is 54.8 Å². The largest absolute Gasteiger partial charge is 0.495 e. The summed E-state index contributed by atoms with van der Waals surface area (Å²) in [4.78, 5) is 24.3. The van der Waals surface area contributed by atoms with Crippen LogP contribution in [0.5, 0.6) is 5.75 Å². The molecule has 1 fully saturated rings. The van der Waals surface area contributed by atoms with Gasteiger partial charge < -0.3 is 15.0 Å². The molecule has 2 heterocycles. The van der Waals surface area contributed by atoms with Gasteiger partial charge in [-0.05, 0) is 48.7 Å². The van der Waals surface area contributed by atoms with Crippen LogP contribution in [0.3, 0.4) is 0 Å². The van der Waals surface area contributed by atoms with Gasteiger partial charge in [-0.15, -0.1) is 0 Å². The smallest absolute Gasteiger partial charge is 0.317 e. The summed E-state index contributed by atoms with van der Waals surface area (Å²) in [6.07, 6.45) is 7.74. The molecule has 5 rings (SSSR count). The molecule has 0 spiro atoms. The molecule has 1 aliphatic carbocycles. The zero-order valence-electron chi connectivity index (χ0n) is 21.4. The second-order valence-corrected chi connectivity index (χ2v) is 9.75. The highest BCUT2D eigenvalue weighted by Crippen LogP contribution is 2.31. The minimum atomic E-state index is -0.0516. The molecule has 8 nitrogen and oxygen atoms in total. The number of nitrogens with zero attached hydrogens (tertiary/aromatic N) is 5. The summed E-state index contributed by atoms with van der Waals surface area (Å²) in [5, 5.41) is 8.44. The summed E-state index contributed by atoms with van der Waals surface area (Å²) < 4.78 is 7.19. The molecule has 38 heavy (non-hydrogen) atoms. The highest BCUT2D eigenvalue weighted by atomic mass is 35.5. The molecular weight excluding hydrogens is 500 g/mol. The van der Waals surface area contributed by atoms with E-state index in [0.717, 1.165) is 42.4 Å². The lowest BCUT2D eigenvalue weighted by atomic mass is 10.2. The van der Waals surface area contributed by atoms with Crippen LogP contribution in [0.15, 0.2) is 73.1 Å². The molecule has 2 amide bonds. The highest BCUT2D eigenvalue weighted by molar-refractivity contribution is 6.32. The first-order chi connectivity index (χ1) is 18.6. The van der Waals surface area contributed by atoms with E-state index in [-0.39, 0.29) is 12.1 Å². The van der Waals surface area contributed by atoms with E-state index in [2.05, 4.69) is 10.3 Å². The molecule has 0 radical (unpaired) electrons. The third kappa shape index (κ3) is 5.97. The molecule has 0 atom stereocenters. The molecule has 2 aromatic heterocycles. The Kier molecular flexibility index (Phi) is 8.19. The summed E-state index contributed by atoms with van der Waals surface area (Å²) in [5.74, 6) is 1.87. The predicted molar refractivity (Wildman–Crippen MR) is 148 cm³/mol. The Morgan fingerprint density at radius 3 is 2.55 bits per heavy atom. The van der Waals surface area contributed by atoms with Crippen molar-refractivity contribution in [2.75, 3.05) is 13.7 Å². The fourth-order valence-electron chi connectivity index (χ4n) is 4.88. The zero-order valence-corrected chi connectivity index (χ0v) is 22.1. The number of benzene rings is 2. The minimum absolute atomic E-state index is 0.0516. The third-order valence-electron chi connectivity index (χ3n) is 6.89. The van der Waals surface area contributed by atoms with E-state index >= 15 is 0 Å². The maximum atomic E-state index is 13.4. The molecule has 1 aliphatic rings. The van der Waals surface area contributed by atoms with Crippen LogP contribution in [0, 0.1) is 0 Å². The summed E-state index contributed by atoms with van der Waals surface area (Å²) >= 11 is 6.44. The molecule has 0 unspecified atom stereocenters. The number of methoxy groups -OCH3 is 1. The highest BCUT2D eigenvalue weighted by Gasteiger charge is 2.27. The van der Waals surface area contributed by atoms with E-state index in [9.17, 15) is 4.79 Å². The number of hydrogen-bond donors (Lipinski definition) is 1. The number of urea groups is 1. The first-order valence-electron chi connectivity index (χ1n) is 12.9. The van der Waals surface area contributed by atoms with Crippen molar-refractivity contribution < 1.29 is 9.53 Å². The number of halogens is 1. The van der Waals surface area contributed by atoms with Gasteiger partial charge in [0.05, 0.1) is 18.7 Å². The molecule has 9 heteroatoms. The lowest BCUT2D eigenvalue weighted by molar-refractivity contribution is 0.171. The van der Waals surface area contributed by atoms with Crippen LogP contribution in [-0.4, -0.2) is 50.4 Å². The van der Waals surface area contributed by atoms with E-state index in [1.165, 1.54) is 0 Å². The first kappa shape index (κ1) is 25.7. The second-order valence-electron chi connectivity index (χ2n) is 9.34. The number of amides is 2. The van der Waals surface area contributed by atoms with Gasteiger partial charge >= 0.3 is 6.03 Å². The van der Waals surface area contributed by atoms with Crippen molar-refractivity contribution in [2.24, 2.45) is 0 Å². The zero-order chi connectivity index (χ0) is 26.3. The van der Waals surface area contributed by atoms with Crippen molar-refractivity contribution in [3.05, 3.63) is 83.6 Å². The molecule has 2 aromatic carbocycles. The molecule has 4 aromatic rings. The number of ether oxygens (including phenoxy) is 1. The number of hydrogen-bond acceptors (Lipinski definition) is 5. The maximum absolute atomic E-state index is 13.4. The van der Waals surface area contributed by atoms with Gasteiger partial charge in [0.1, 0.15) is 5.75 Å². The van der Waals surface area contributed by atoms with E-state index in [1.54, 1.807) is 19.5 Å². The van der Waals surface area contributed by atoms with Crippen LogP contribution in [0.2, 0.25) is 5.02 Å². The summed E-state index contributed by atoms with van der Waals surface area (Å²) in [6.45, 7) is 1.50. The van der Waals surface area contributed by atoms with E-state index in [0.29, 0.717) is 42.1 Å². The van der Waals surface area contributed by atoms with Crippen molar-refractivity contribution in [3.8, 4) is 28.5 Å². The summed E-state index contributed by atoms with van der Waals surface area (Å²) in [5.41, 5.74) is 2.77. The van der Waals surface area contributed by atoms with Gasteiger partial charge in [0.15, 0.2) is 11.6 Å². The average Bonchev–Trinajstić information content (AvgIpc) is 3.64. The van der Waals surface area contributed by atoms with Crippen LogP contribution in [0.4, 0.5) is 4.79 Å². The number of carbonyl (C=O) groups is 1. The number of aromatic nitrogens is 4. The number of rotatable bonds is 9. The minimum Gasteiger partial charge on any atom is -0.495 e. The summed E-state index contributed by atoms with van der Waals surface area (Å²) in [7, 11) is 1.59. The molecule has 0 saturated heterocycles. The normalized spacial score (nSPS) is 13.4. The van der Waals surface area contributed by atoms with Crippen LogP contribution in [0.1, 0.15) is 31.2 Å². The van der Waals surface area contributed by atoms with Crippen molar-refractivity contribution in [1.82, 2.24) is 30.0 Å². The van der Waals surface area contributed by atoms with Gasteiger partial charge in [0.25, 0.3) is 0 Å². The van der Waals surface area contributed by atoms with E-state index < -0.39 is 0 Å². The van der Waals surface area contributed by atoms with Crippen LogP contribution in [0.25, 0.3) is 22.8 Å². The van der Waals surface area contributed by atoms with E-state index in [1.807, 2.05) is 70.2 Å². The Morgan fingerprint density at radius 2 is 1.84 bits per heavy atom. The fraction of sp³-hybridized carbons (Fsp3) is 0.310. The van der Waals surface area contributed by atoms with Gasteiger partial charge in [-0.25, -0.2) is 14.5 Å². The first-order valence-corrected chi connectivity index (χ1v) is 13.3.